The molecular weight excluding hydrogens is 390 g/mol. The number of hydrogen-bond donors (Lipinski definition) is 1. The minimum Gasteiger partial charge on any atom is -0.462 e. The molecule has 1 atom stereocenters. The summed E-state index contributed by atoms with van der Waals surface area (Å²) in [6.07, 6.45) is 1.82. The van der Waals surface area contributed by atoms with Gasteiger partial charge in [0.25, 0.3) is 0 Å². The zero-order valence-corrected chi connectivity index (χ0v) is 17.8. The molecule has 0 unspecified atom stereocenters. The molecule has 0 spiro atoms. The molecule has 2 aromatic rings. The average Bonchev–Trinajstić information content (AvgIpc) is 3.22. The van der Waals surface area contributed by atoms with E-state index < -0.39 is 0 Å². The number of hydrogen-bond acceptors (Lipinski definition) is 8. The van der Waals surface area contributed by atoms with E-state index in [1.165, 1.54) is 34.4 Å². The minimum absolute atomic E-state index is 0.174. The molecule has 0 fully saturated rings. The van der Waals surface area contributed by atoms with Crippen LogP contribution in [0.3, 0.4) is 0 Å². The van der Waals surface area contributed by atoms with Crippen LogP contribution in [0.1, 0.15) is 48.0 Å². The molecule has 0 bridgehead atoms. The summed E-state index contributed by atoms with van der Waals surface area (Å²) in [6.45, 7) is 8.35. The monoisotopic (exact) mass is 413 g/mol. The maximum atomic E-state index is 12.5. The van der Waals surface area contributed by atoms with E-state index in [0.717, 1.165) is 27.6 Å². The van der Waals surface area contributed by atoms with Gasteiger partial charge in [0.2, 0.25) is 5.91 Å². The number of nitrogens with zero attached hydrogens (tertiary/aromatic N) is 2. The van der Waals surface area contributed by atoms with Gasteiger partial charge in [0.1, 0.15) is 10.5 Å². The van der Waals surface area contributed by atoms with E-state index in [1.807, 2.05) is 6.92 Å². The van der Waals surface area contributed by atoms with E-state index in [1.54, 1.807) is 12.4 Å². The smallest absolute Gasteiger partial charge is 0.341 e. The van der Waals surface area contributed by atoms with E-state index in [0.29, 0.717) is 23.1 Å². The Morgan fingerprint density at radius 2 is 2.15 bits per heavy atom. The van der Waals surface area contributed by atoms with Crippen molar-refractivity contribution in [1.82, 2.24) is 10.2 Å². The second-order valence-electron chi connectivity index (χ2n) is 5.82. The summed E-state index contributed by atoms with van der Waals surface area (Å²) >= 11 is 4.15. The van der Waals surface area contributed by atoms with Crippen LogP contribution in [0.2, 0.25) is 0 Å². The normalized spacial score (nSPS) is 12.0. The van der Waals surface area contributed by atoms with Gasteiger partial charge < -0.3 is 10.1 Å². The molecule has 2 rings (SSSR count). The number of anilines is 1. The Morgan fingerprint density at radius 1 is 1.38 bits per heavy atom. The number of aryl methyl sites for hydroxylation is 1. The van der Waals surface area contributed by atoms with Crippen molar-refractivity contribution in [2.75, 3.05) is 17.7 Å². The third-order valence-electron chi connectivity index (χ3n) is 3.86. The van der Waals surface area contributed by atoms with Gasteiger partial charge in [0, 0.05) is 4.88 Å². The Balaban J connectivity index is 2.18. The molecule has 2 aromatic heterocycles. The standard InChI is InChI=1S/C17H23N3O3S3/c1-5-10(3)7-12-11(4)26-15(14(12)16(22)23-6-2)19-13(21)8-24-17-20-18-9-25-17/h9-10H,5-8H2,1-4H3,(H,19,21)/t10-/m1/s1. The van der Waals surface area contributed by atoms with Gasteiger partial charge in [-0.1, -0.05) is 43.4 Å². The van der Waals surface area contributed by atoms with E-state index in [2.05, 4.69) is 29.4 Å². The predicted octanol–water partition coefficient (Wildman–Crippen LogP) is 4.40. The number of carbonyl (C=O) groups excluding carboxylic acids is 2. The van der Waals surface area contributed by atoms with Gasteiger partial charge in [0.15, 0.2) is 4.34 Å². The lowest BCUT2D eigenvalue weighted by Crippen LogP contribution is -2.17. The van der Waals surface area contributed by atoms with Crippen molar-refractivity contribution >= 4 is 51.3 Å². The molecule has 0 radical (unpaired) electrons. The molecule has 6 nitrogen and oxygen atoms in total. The highest BCUT2D eigenvalue weighted by molar-refractivity contribution is 8.01. The van der Waals surface area contributed by atoms with Crippen LogP contribution >= 0.6 is 34.4 Å². The maximum Gasteiger partial charge on any atom is 0.341 e. The molecule has 0 aliphatic carbocycles. The molecule has 0 aromatic carbocycles. The highest BCUT2D eigenvalue weighted by Gasteiger charge is 2.25. The van der Waals surface area contributed by atoms with Gasteiger partial charge >= 0.3 is 5.97 Å². The van der Waals surface area contributed by atoms with E-state index in [4.69, 9.17) is 4.74 Å². The minimum atomic E-state index is -0.373. The Kier molecular flexibility index (Phi) is 8.05. The quantitative estimate of drug-likeness (QED) is 0.485. The fourth-order valence-corrected chi connectivity index (χ4v) is 4.72. The molecule has 0 saturated heterocycles. The first-order valence-corrected chi connectivity index (χ1v) is 11.1. The number of thiophene rings is 1. The molecule has 1 amide bonds. The van der Waals surface area contributed by atoms with Gasteiger partial charge in [-0.15, -0.1) is 21.5 Å². The van der Waals surface area contributed by atoms with E-state index in [9.17, 15) is 9.59 Å². The lowest BCUT2D eigenvalue weighted by atomic mass is 9.96. The van der Waals surface area contributed by atoms with Crippen LogP contribution in [0.15, 0.2) is 9.85 Å². The maximum absolute atomic E-state index is 12.5. The lowest BCUT2D eigenvalue weighted by molar-refractivity contribution is -0.113. The third kappa shape index (κ3) is 5.52. The number of thioether (sulfide) groups is 1. The first-order valence-electron chi connectivity index (χ1n) is 8.44. The summed E-state index contributed by atoms with van der Waals surface area (Å²) in [5.41, 5.74) is 3.11. The van der Waals surface area contributed by atoms with Crippen LogP contribution in [-0.4, -0.2) is 34.4 Å². The Hall–Kier alpha value is -1.45. The first kappa shape index (κ1) is 20.9. The van der Waals surface area contributed by atoms with Crippen molar-refractivity contribution in [3.8, 4) is 0 Å². The van der Waals surface area contributed by atoms with Crippen LogP contribution in [0.25, 0.3) is 0 Å². The number of rotatable bonds is 9. The number of carbonyl (C=O) groups is 2. The largest absolute Gasteiger partial charge is 0.462 e. The zero-order chi connectivity index (χ0) is 19.1. The summed E-state index contributed by atoms with van der Waals surface area (Å²) in [7, 11) is 0. The molecule has 142 valence electrons. The van der Waals surface area contributed by atoms with Crippen molar-refractivity contribution in [2.24, 2.45) is 5.92 Å². The molecular formula is C17H23N3O3S3. The van der Waals surface area contributed by atoms with E-state index in [-0.39, 0.29) is 17.6 Å². The van der Waals surface area contributed by atoms with E-state index >= 15 is 0 Å². The Bertz CT molecular complexity index is 744. The molecule has 26 heavy (non-hydrogen) atoms. The summed E-state index contributed by atoms with van der Waals surface area (Å²) in [5.74, 6) is 0.122. The van der Waals surface area contributed by atoms with Crippen molar-refractivity contribution in [2.45, 2.75) is 44.9 Å². The van der Waals surface area contributed by atoms with Crippen molar-refractivity contribution in [3.63, 3.8) is 0 Å². The van der Waals surface area contributed by atoms with Gasteiger partial charge in [-0.3, -0.25) is 4.79 Å². The highest BCUT2D eigenvalue weighted by atomic mass is 32.2. The third-order valence-corrected chi connectivity index (χ3v) is 6.78. The molecule has 9 heteroatoms. The second-order valence-corrected chi connectivity index (χ2v) is 9.10. The number of nitrogens with one attached hydrogen (secondary N) is 1. The highest BCUT2D eigenvalue weighted by Crippen LogP contribution is 2.36. The van der Waals surface area contributed by atoms with Crippen molar-refractivity contribution in [3.05, 3.63) is 21.5 Å². The fourth-order valence-electron chi connectivity index (χ4n) is 2.34. The van der Waals surface area contributed by atoms with Gasteiger partial charge in [0.05, 0.1) is 17.9 Å². The summed E-state index contributed by atoms with van der Waals surface area (Å²) in [5, 5.41) is 11.1. The van der Waals surface area contributed by atoms with Crippen molar-refractivity contribution in [1.29, 1.82) is 0 Å². The topological polar surface area (TPSA) is 81.2 Å². The average molecular weight is 414 g/mol. The number of esters is 1. The van der Waals surface area contributed by atoms with Crippen LogP contribution in [-0.2, 0) is 16.0 Å². The van der Waals surface area contributed by atoms with Gasteiger partial charge in [-0.25, -0.2) is 4.79 Å². The SMILES string of the molecule is CCOC(=O)c1c(NC(=O)CSc2nncs2)sc(C)c1C[C@H](C)CC. The second kappa shape index (κ2) is 10.0. The van der Waals surface area contributed by atoms with Gasteiger partial charge in [-0.05, 0) is 31.7 Å². The molecule has 2 heterocycles. The number of ether oxygens (including phenoxy) is 1. The van der Waals surface area contributed by atoms with Gasteiger partial charge in [-0.2, -0.15) is 0 Å². The lowest BCUT2D eigenvalue weighted by Gasteiger charge is -2.11. The van der Waals surface area contributed by atoms with Crippen molar-refractivity contribution < 1.29 is 14.3 Å². The molecule has 0 aliphatic heterocycles. The summed E-state index contributed by atoms with van der Waals surface area (Å²) < 4.78 is 5.97. The molecule has 0 saturated carbocycles. The van der Waals surface area contributed by atoms with Crippen LogP contribution in [0.4, 0.5) is 5.00 Å². The fraction of sp³-hybridized carbons (Fsp3) is 0.529. The Morgan fingerprint density at radius 3 is 2.77 bits per heavy atom. The summed E-state index contributed by atoms with van der Waals surface area (Å²) in [6, 6.07) is 0. The van der Waals surface area contributed by atoms with Crippen LogP contribution < -0.4 is 5.32 Å². The first-order chi connectivity index (χ1) is 12.5. The number of amides is 1. The van der Waals surface area contributed by atoms with Crippen LogP contribution in [0, 0.1) is 12.8 Å². The number of aromatic nitrogens is 2. The Labute approximate surface area is 165 Å². The molecule has 1 N–H and O–H groups in total. The molecule has 0 aliphatic rings. The summed E-state index contributed by atoms with van der Waals surface area (Å²) in [4.78, 5) is 25.9. The van der Waals surface area contributed by atoms with Crippen LogP contribution in [0.5, 0.6) is 0 Å². The predicted molar refractivity (Wildman–Crippen MR) is 107 cm³/mol. The zero-order valence-electron chi connectivity index (χ0n) is 15.3.